The quantitative estimate of drug-likeness (QED) is 0.908. The normalized spacial score (nSPS) is 17.2. The fraction of sp³-hybridized carbons (Fsp3) is 0.471. The monoisotopic (exact) mass is 287 g/mol. The number of benzene rings is 1. The predicted octanol–water partition coefficient (Wildman–Crippen LogP) is 3.02. The fourth-order valence-corrected chi connectivity index (χ4v) is 3.25. The van der Waals surface area contributed by atoms with Crippen LogP contribution in [0, 0.1) is 12.3 Å². The van der Waals surface area contributed by atoms with Crippen LogP contribution in [0.3, 0.4) is 0 Å². The molecular weight excluding hydrogens is 266 g/mol. The van der Waals surface area contributed by atoms with Gasteiger partial charge < -0.3 is 14.8 Å². The minimum atomic E-state index is -0.191. The number of furan rings is 1. The lowest BCUT2D eigenvalue weighted by atomic mass is 9.87. The summed E-state index contributed by atoms with van der Waals surface area (Å²) in [5.41, 5.74) is 1.46. The highest BCUT2D eigenvalue weighted by molar-refractivity contribution is 5.98. The first-order valence-electron chi connectivity index (χ1n) is 7.52. The summed E-state index contributed by atoms with van der Waals surface area (Å²) in [6.45, 7) is 2.54. The second-order valence-electron chi connectivity index (χ2n) is 6.10. The lowest BCUT2D eigenvalue weighted by Crippen LogP contribution is -2.38. The first-order chi connectivity index (χ1) is 10.2. The van der Waals surface area contributed by atoms with E-state index in [1.54, 1.807) is 0 Å². The number of nitrogens with one attached hydrogen (secondary N) is 1. The van der Waals surface area contributed by atoms with E-state index >= 15 is 0 Å². The molecule has 0 bridgehead atoms. The average Bonchev–Trinajstić information content (AvgIpc) is 3.11. The van der Waals surface area contributed by atoms with Crippen LogP contribution in [0.25, 0.3) is 11.0 Å². The summed E-state index contributed by atoms with van der Waals surface area (Å²) in [5.74, 6) is 0.186. The predicted molar refractivity (Wildman–Crippen MR) is 81.3 cm³/mol. The first kappa shape index (κ1) is 14.1. The molecule has 4 heteroatoms. The zero-order chi connectivity index (χ0) is 14.9. The molecule has 0 atom stereocenters. The number of amides is 1. The number of rotatable bonds is 4. The molecule has 1 aromatic carbocycles. The number of aryl methyl sites for hydroxylation is 1. The number of para-hydroxylation sites is 1. The number of hydrogen-bond donors (Lipinski definition) is 2. The molecule has 1 aliphatic carbocycles. The third-order valence-electron chi connectivity index (χ3n) is 4.67. The number of aliphatic hydroxyl groups is 1. The van der Waals surface area contributed by atoms with Gasteiger partial charge in [-0.3, -0.25) is 4.79 Å². The molecule has 112 valence electrons. The molecule has 1 aromatic heterocycles. The van der Waals surface area contributed by atoms with E-state index in [4.69, 9.17) is 4.42 Å². The Morgan fingerprint density at radius 3 is 2.71 bits per heavy atom. The van der Waals surface area contributed by atoms with E-state index in [1.807, 2.05) is 31.2 Å². The van der Waals surface area contributed by atoms with Crippen molar-refractivity contribution < 1.29 is 14.3 Å². The van der Waals surface area contributed by atoms with Gasteiger partial charge in [-0.05, 0) is 25.8 Å². The molecule has 0 spiro atoms. The highest BCUT2D eigenvalue weighted by Gasteiger charge is 2.34. The molecule has 2 N–H and O–H groups in total. The first-order valence-corrected chi connectivity index (χ1v) is 7.52. The standard InChI is InChI=1S/C17H21NO3/c1-12-13-6-2-3-7-14(13)21-15(12)16(20)18-10-17(11-19)8-4-5-9-17/h2-3,6-7,19H,4-5,8-11H2,1H3,(H,18,20). The third-order valence-corrected chi connectivity index (χ3v) is 4.67. The van der Waals surface area contributed by atoms with Gasteiger partial charge in [-0.15, -0.1) is 0 Å². The third kappa shape index (κ3) is 2.56. The molecule has 21 heavy (non-hydrogen) atoms. The van der Waals surface area contributed by atoms with Gasteiger partial charge in [0.2, 0.25) is 0 Å². The Balaban J connectivity index is 1.76. The molecular formula is C17H21NO3. The SMILES string of the molecule is Cc1c(C(=O)NCC2(CO)CCCC2)oc2ccccc12. The van der Waals surface area contributed by atoms with Crippen LogP contribution in [0.1, 0.15) is 41.8 Å². The van der Waals surface area contributed by atoms with Crippen molar-refractivity contribution in [2.75, 3.05) is 13.2 Å². The molecule has 0 radical (unpaired) electrons. The van der Waals surface area contributed by atoms with E-state index in [0.717, 1.165) is 42.2 Å². The van der Waals surface area contributed by atoms with E-state index in [2.05, 4.69) is 5.32 Å². The summed E-state index contributed by atoms with van der Waals surface area (Å²) >= 11 is 0. The lowest BCUT2D eigenvalue weighted by molar-refractivity contribution is 0.0856. The van der Waals surface area contributed by atoms with Crippen LogP contribution in [-0.4, -0.2) is 24.2 Å². The molecule has 1 heterocycles. The number of fused-ring (bicyclic) bond motifs is 1. The maximum absolute atomic E-state index is 12.4. The van der Waals surface area contributed by atoms with Crippen molar-refractivity contribution in [3.63, 3.8) is 0 Å². The molecule has 1 saturated carbocycles. The zero-order valence-electron chi connectivity index (χ0n) is 12.3. The average molecular weight is 287 g/mol. The van der Waals surface area contributed by atoms with Gasteiger partial charge in [-0.2, -0.15) is 0 Å². The van der Waals surface area contributed by atoms with Crippen LogP contribution in [0.4, 0.5) is 0 Å². The molecule has 3 rings (SSSR count). The Labute approximate surface area is 124 Å². The molecule has 0 unspecified atom stereocenters. The van der Waals surface area contributed by atoms with Crippen LogP contribution in [0.2, 0.25) is 0 Å². The Kier molecular flexibility index (Phi) is 3.72. The Morgan fingerprint density at radius 2 is 2.05 bits per heavy atom. The maximum Gasteiger partial charge on any atom is 0.287 e. The summed E-state index contributed by atoms with van der Waals surface area (Å²) in [6.07, 6.45) is 4.20. The summed E-state index contributed by atoms with van der Waals surface area (Å²) in [6, 6.07) is 7.65. The summed E-state index contributed by atoms with van der Waals surface area (Å²) in [7, 11) is 0. The maximum atomic E-state index is 12.4. The van der Waals surface area contributed by atoms with Crippen LogP contribution in [0.15, 0.2) is 28.7 Å². The van der Waals surface area contributed by atoms with Crippen LogP contribution >= 0.6 is 0 Å². The van der Waals surface area contributed by atoms with Crippen molar-refractivity contribution >= 4 is 16.9 Å². The number of hydrogen-bond acceptors (Lipinski definition) is 3. The van der Waals surface area contributed by atoms with Gasteiger partial charge in [0.05, 0.1) is 6.61 Å². The van der Waals surface area contributed by atoms with Gasteiger partial charge in [-0.1, -0.05) is 31.0 Å². The molecule has 2 aromatic rings. The van der Waals surface area contributed by atoms with Gasteiger partial charge >= 0.3 is 0 Å². The molecule has 1 amide bonds. The van der Waals surface area contributed by atoms with Crippen molar-refractivity contribution in [2.24, 2.45) is 5.41 Å². The second kappa shape index (κ2) is 5.53. The highest BCUT2D eigenvalue weighted by Crippen LogP contribution is 2.37. The van der Waals surface area contributed by atoms with Gasteiger partial charge in [0.15, 0.2) is 5.76 Å². The van der Waals surface area contributed by atoms with E-state index < -0.39 is 0 Å². The molecule has 4 nitrogen and oxygen atoms in total. The van der Waals surface area contributed by atoms with E-state index in [1.165, 1.54) is 0 Å². The fourth-order valence-electron chi connectivity index (χ4n) is 3.25. The number of aliphatic hydroxyl groups excluding tert-OH is 1. The zero-order valence-corrected chi connectivity index (χ0v) is 12.3. The van der Waals surface area contributed by atoms with E-state index in [9.17, 15) is 9.90 Å². The molecule has 1 aliphatic rings. The van der Waals surface area contributed by atoms with Crippen molar-refractivity contribution in [1.82, 2.24) is 5.32 Å². The largest absolute Gasteiger partial charge is 0.451 e. The minimum absolute atomic E-state index is 0.131. The van der Waals surface area contributed by atoms with Crippen molar-refractivity contribution in [3.05, 3.63) is 35.6 Å². The van der Waals surface area contributed by atoms with E-state index in [0.29, 0.717) is 12.3 Å². The van der Waals surface area contributed by atoms with Gasteiger partial charge in [0.25, 0.3) is 5.91 Å². The Morgan fingerprint density at radius 1 is 1.33 bits per heavy atom. The highest BCUT2D eigenvalue weighted by atomic mass is 16.3. The van der Waals surface area contributed by atoms with Crippen LogP contribution in [0.5, 0.6) is 0 Å². The van der Waals surface area contributed by atoms with Crippen molar-refractivity contribution in [1.29, 1.82) is 0 Å². The van der Waals surface area contributed by atoms with Crippen molar-refractivity contribution in [3.8, 4) is 0 Å². The minimum Gasteiger partial charge on any atom is -0.451 e. The molecule has 0 saturated heterocycles. The smallest absolute Gasteiger partial charge is 0.287 e. The summed E-state index contributed by atoms with van der Waals surface area (Å²) < 4.78 is 5.67. The van der Waals surface area contributed by atoms with Crippen LogP contribution < -0.4 is 5.32 Å². The topological polar surface area (TPSA) is 62.5 Å². The number of carbonyl (C=O) groups excluding carboxylic acids is 1. The number of carbonyl (C=O) groups is 1. The molecule has 0 aliphatic heterocycles. The van der Waals surface area contributed by atoms with E-state index in [-0.39, 0.29) is 17.9 Å². The summed E-state index contributed by atoms with van der Waals surface area (Å²) in [4.78, 5) is 12.4. The second-order valence-corrected chi connectivity index (χ2v) is 6.10. The lowest BCUT2D eigenvalue weighted by Gasteiger charge is -2.26. The van der Waals surface area contributed by atoms with Gasteiger partial charge in [0.1, 0.15) is 5.58 Å². The Bertz CT molecular complexity index is 653. The Hall–Kier alpha value is -1.81. The molecule has 1 fully saturated rings. The summed E-state index contributed by atoms with van der Waals surface area (Å²) in [5, 5.41) is 13.5. The van der Waals surface area contributed by atoms with Crippen LogP contribution in [-0.2, 0) is 0 Å². The van der Waals surface area contributed by atoms with Gasteiger partial charge in [-0.25, -0.2) is 0 Å². The van der Waals surface area contributed by atoms with Gasteiger partial charge in [0, 0.05) is 22.9 Å². The van der Waals surface area contributed by atoms with Crippen molar-refractivity contribution in [2.45, 2.75) is 32.6 Å².